The van der Waals surface area contributed by atoms with Gasteiger partial charge in [0.15, 0.2) is 0 Å². The monoisotopic (exact) mass is 736 g/mol. The van der Waals surface area contributed by atoms with E-state index in [1.54, 1.807) is 0 Å². The number of carbonyl (C=O) groups is 1. The molecule has 0 saturated carbocycles. The Hall–Kier alpha value is -2.06. The number of carbonyl (C=O) groups excluding carboxylic acids is 1. The molecule has 0 bridgehead atoms. The fourth-order valence-corrected chi connectivity index (χ4v) is 5.76. The minimum Gasteiger partial charge on any atom is -0.457 e. The summed E-state index contributed by atoms with van der Waals surface area (Å²) in [5, 5.41) is 0. The van der Waals surface area contributed by atoms with Crippen molar-refractivity contribution in [1.29, 1.82) is 0 Å². The van der Waals surface area contributed by atoms with Gasteiger partial charge < -0.3 is 20.1 Å². The molecule has 2 unspecified atom stereocenters. The number of hydrogen-bond donors (Lipinski definition) is 2. The van der Waals surface area contributed by atoms with Gasteiger partial charge in [-0.05, 0) is 64.2 Å². The van der Waals surface area contributed by atoms with Crippen molar-refractivity contribution in [3.05, 3.63) is 72.9 Å². The lowest BCUT2D eigenvalue weighted by atomic mass is 10.1. The van der Waals surface area contributed by atoms with Crippen LogP contribution in [-0.4, -0.2) is 49.9 Å². The molecule has 0 rings (SSSR count). The van der Waals surface area contributed by atoms with Gasteiger partial charge in [0.05, 0.1) is 19.8 Å². The van der Waals surface area contributed by atoms with E-state index in [0.717, 1.165) is 83.5 Å². The normalized spacial score (nSPS) is 14.4. The number of phosphoric ester groups is 1. The molecule has 3 N–H and O–H groups in total. The van der Waals surface area contributed by atoms with E-state index in [9.17, 15) is 14.3 Å². The van der Waals surface area contributed by atoms with Crippen LogP contribution in [-0.2, 0) is 27.9 Å². The molecule has 0 amide bonds. The van der Waals surface area contributed by atoms with E-state index in [0.29, 0.717) is 6.61 Å². The van der Waals surface area contributed by atoms with Crippen LogP contribution in [0.3, 0.4) is 0 Å². The van der Waals surface area contributed by atoms with Crippen LogP contribution in [0.2, 0.25) is 0 Å². The maximum atomic E-state index is 12.5. The highest BCUT2D eigenvalue weighted by Gasteiger charge is 2.25. The predicted molar refractivity (Wildman–Crippen MR) is 215 cm³/mol. The second-order valence-electron chi connectivity index (χ2n) is 12.8. The summed E-state index contributed by atoms with van der Waals surface area (Å²) < 4.78 is 33.2. The maximum Gasteiger partial charge on any atom is 0.472 e. The van der Waals surface area contributed by atoms with Crippen molar-refractivity contribution in [3.8, 4) is 0 Å². The zero-order valence-electron chi connectivity index (χ0n) is 32.3. The van der Waals surface area contributed by atoms with Crippen LogP contribution in [0.1, 0.15) is 149 Å². The van der Waals surface area contributed by atoms with Gasteiger partial charge >= 0.3 is 13.8 Å². The molecule has 0 saturated heterocycles. The molecule has 0 fully saturated rings. The SMILES string of the molecule is CC/C=C\C/C=C\C/C=C\C/C=C\C/C=C\C/C=C\CCCCCCC(=O)OC(COCCCCCCCCCCC)COP(=O)(O)OCCN. The second kappa shape index (κ2) is 39.2. The van der Waals surface area contributed by atoms with Gasteiger partial charge in [-0.2, -0.15) is 0 Å². The lowest BCUT2D eigenvalue weighted by molar-refractivity contribution is -0.154. The van der Waals surface area contributed by atoms with E-state index >= 15 is 0 Å². The van der Waals surface area contributed by atoms with E-state index in [-0.39, 0.29) is 38.8 Å². The summed E-state index contributed by atoms with van der Waals surface area (Å²) in [7, 11) is -4.28. The van der Waals surface area contributed by atoms with Gasteiger partial charge in [-0.25, -0.2) is 4.57 Å². The van der Waals surface area contributed by atoms with E-state index in [1.165, 1.54) is 44.9 Å². The number of unbranched alkanes of at least 4 members (excludes halogenated alkanes) is 12. The van der Waals surface area contributed by atoms with Crippen LogP contribution < -0.4 is 5.73 Å². The lowest BCUT2D eigenvalue weighted by Gasteiger charge is -2.20. The Kier molecular flexibility index (Phi) is 37.6. The predicted octanol–water partition coefficient (Wildman–Crippen LogP) is 11.6. The number of esters is 1. The first-order valence-electron chi connectivity index (χ1n) is 19.9. The molecule has 0 spiro atoms. The van der Waals surface area contributed by atoms with Crippen LogP contribution >= 0.6 is 7.82 Å². The molecule has 294 valence electrons. The Morgan fingerprint density at radius 3 is 1.65 bits per heavy atom. The van der Waals surface area contributed by atoms with E-state index in [2.05, 4.69) is 86.8 Å². The van der Waals surface area contributed by atoms with E-state index in [1.807, 2.05) is 0 Å². The molecule has 0 radical (unpaired) electrons. The molecule has 0 aliphatic heterocycles. The van der Waals surface area contributed by atoms with Gasteiger partial charge in [-0.3, -0.25) is 13.8 Å². The minimum absolute atomic E-state index is 0.0928. The summed E-state index contributed by atoms with van der Waals surface area (Å²) in [6.07, 6.45) is 47.8. The smallest absolute Gasteiger partial charge is 0.457 e. The fraction of sp³-hybridized carbons (Fsp3) is 0.690. The Morgan fingerprint density at radius 1 is 0.608 bits per heavy atom. The van der Waals surface area contributed by atoms with Crippen molar-refractivity contribution in [2.45, 2.75) is 155 Å². The molecule has 0 aromatic rings. The average Bonchev–Trinajstić information content (AvgIpc) is 3.12. The van der Waals surface area contributed by atoms with Crippen molar-refractivity contribution in [2.75, 3.05) is 33.0 Å². The highest BCUT2D eigenvalue weighted by atomic mass is 31.2. The Morgan fingerprint density at radius 2 is 1.10 bits per heavy atom. The van der Waals surface area contributed by atoms with Crippen molar-refractivity contribution >= 4 is 13.8 Å². The van der Waals surface area contributed by atoms with Gasteiger partial charge in [-0.1, -0.05) is 151 Å². The summed E-state index contributed by atoms with van der Waals surface area (Å²) in [5.41, 5.74) is 5.35. The fourth-order valence-electron chi connectivity index (χ4n) is 5.00. The zero-order chi connectivity index (χ0) is 37.4. The molecular formula is C42H74NO7P. The van der Waals surface area contributed by atoms with Gasteiger partial charge in [0.25, 0.3) is 0 Å². The van der Waals surface area contributed by atoms with E-state index < -0.39 is 13.9 Å². The first kappa shape index (κ1) is 48.9. The Labute approximate surface area is 312 Å². The molecule has 51 heavy (non-hydrogen) atoms. The topological polar surface area (TPSA) is 117 Å². The Balaban J connectivity index is 4.10. The standard InChI is InChI=1S/C42H74NO7P/c1-3-5-7-9-11-13-14-15-16-17-18-19-20-21-22-23-24-25-26-27-29-31-33-35-42(44)50-41(40-49-51(45,46)48-38-36-43)39-47-37-34-32-30-28-12-10-8-6-4-2/h5,7,11,13,15-16,18-19,21-22,24-25,41H,3-4,6,8-10,12,14,17,20,23,26-40,43H2,1-2H3,(H,45,46)/b7-5-,13-11-,16-15-,19-18-,22-21-,25-24-. The van der Waals surface area contributed by atoms with E-state index in [4.69, 9.17) is 24.3 Å². The number of nitrogens with two attached hydrogens (primary N) is 1. The number of ether oxygens (including phenoxy) is 2. The number of hydrogen-bond acceptors (Lipinski definition) is 7. The van der Waals surface area contributed by atoms with Gasteiger partial charge in [0, 0.05) is 19.6 Å². The summed E-state index contributed by atoms with van der Waals surface area (Å²) in [5.74, 6) is -0.358. The van der Waals surface area contributed by atoms with Crippen molar-refractivity contribution < 1.29 is 32.8 Å². The second-order valence-corrected chi connectivity index (χ2v) is 14.2. The third-order valence-corrected chi connectivity index (χ3v) is 8.87. The summed E-state index contributed by atoms with van der Waals surface area (Å²) in [6, 6.07) is 0. The first-order valence-corrected chi connectivity index (χ1v) is 21.4. The van der Waals surface area contributed by atoms with Crippen LogP contribution in [0.25, 0.3) is 0 Å². The van der Waals surface area contributed by atoms with Crippen LogP contribution in [0.5, 0.6) is 0 Å². The lowest BCUT2D eigenvalue weighted by Crippen LogP contribution is -2.28. The highest BCUT2D eigenvalue weighted by Crippen LogP contribution is 2.43. The Bertz CT molecular complexity index is 1010. The van der Waals surface area contributed by atoms with Crippen molar-refractivity contribution in [3.63, 3.8) is 0 Å². The first-order chi connectivity index (χ1) is 24.9. The molecule has 0 aliphatic carbocycles. The third-order valence-electron chi connectivity index (χ3n) is 7.89. The van der Waals surface area contributed by atoms with Crippen LogP contribution in [0, 0.1) is 0 Å². The third kappa shape index (κ3) is 39.0. The zero-order valence-corrected chi connectivity index (χ0v) is 33.2. The van der Waals surface area contributed by atoms with Crippen molar-refractivity contribution in [2.24, 2.45) is 5.73 Å². The minimum atomic E-state index is -4.28. The van der Waals surface area contributed by atoms with Crippen molar-refractivity contribution in [1.82, 2.24) is 0 Å². The summed E-state index contributed by atoms with van der Waals surface area (Å²) in [4.78, 5) is 22.4. The molecule has 0 heterocycles. The largest absolute Gasteiger partial charge is 0.472 e. The molecule has 8 nitrogen and oxygen atoms in total. The number of phosphoric acid groups is 1. The van der Waals surface area contributed by atoms with Gasteiger partial charge in [0.1, 0.15) is 6.10 Å². The van der Waals surface area contributed by atoms with Gasteiger partial charge in [-0.15, -0.1) is 0 Å². The maximum absolute atomic E-state index is 12.5. The molecule has 0 aromatic carbocycles. The molecule has 9 heteroatoms. The highest BCUT2D eigenvalue weighted by molar-refractivity contribution is 7.47. The molecule has 0 aromatic heterocycles. The molecule has 0 aliphatic rings. The van der Waals surface area contributed by atoms with Gasteiger partial charge in [0.2, 0.25) is 0 Å². The number of allylic oxidation sites excluding steroid dienone is 12. The summed E-state index contributed by atoms with van der Waals surface area (Å²) in [6.45, 7) is 4.73. The van der Waals surface area contributed by atoms with Crippen LogP contribution in [0.15, 0.2) is 72.9 Å². The summed E-state index contributed by atoms with van der Waals surface area (Å²) >= 11 is 0. The average molecular weight is 736 g/mol. The molecular weight excluding hydrogens is 661 g/mol. The molecule has 2 atom stereocenters. The quantitative estimate of drug-likeness (QED) is 0.0280. The van der Waals surface area contributed by atoms with Crippen LogP contribution in [0.4, 0.5) is 0 Å². The number of rotatable bonds is 37.